The van der Waals surface area contributed by atoms with Crippen LogP contribution in [-0.4, -0.2) is 15.9 Å². The third-order valence-electron chi connectivity index (χ3n) is 4.11. The Bertz CT molecular complexity index is 545. The number of anilines is 1. The lowest BCUT2D eigenvalue weighted by molar-refractivity contribution is -0.384. The standard InChI is InChI=1S/C15H20N4O2/c1-2-3-11-4-6-13(7-5-11)18-15-14(19(20)21)12(10-16)8-9-17-15/h8-9,11,13H,2-7H2,1H3,(H,17,18). The van der Waals surface area contributed by atoms with Crippen molar-refractivity contribution in [1.29, 1.82) is 5.26 Å². The normalized spacial score (nSPS) is 21.5. The topological polar surface area (TPSA) is 91.8 Å². The molecule has 0 spiro atoms. The Labute approximate surface area is 124 Å². The predicted molar refractivity (Wildman–Crippen MR) is 79.9 cm³/mol. The number of nitrogens with one attached hydrogen (secondary N) is 1. The highest BCUT2D eigenvalue weighted by Gasteiger charge is 2.26. The van der Waals surface area contributed by atoms with Crippen LogP contribution in [0.1, 0.15) is 51.0 Å². The van der Waals surface area contributed by atoms with Crippen LogP contribution in [0.3, 0.4) is 0 Å². The van der Waals surface area contributed by atoms with Gasteiger partial charge < -0.3 is 5.32 Å². The Morgan fingerprint density at radius 3 is 2.76 bits per heavy atom. The largest absolute Gasteiger partial charge is 0.362 e. The monoisotopic (exact) mass is 288 g/mol. The van der Waals surface area contributed by atoms with Crippen LogP contribution >= 0.6 is 0 Å². The van der Waals surface area contributed by atoms with E-state index in [4.69, 9.17) is 5.26 Å². The number of hydrogen-bond acceptors (Lipinski definition) is 5. The fourth-order valence-corrected chi connectivity index (χ4v) is 3.03. The molecule has 1 saturated carbocycles. The summed E-state index contributed by atoms with van der Waals surface area (Å²) in [6.07, 6.45) is 8.21. The predicted octanol–water partition coefficient (Wildman–Crippen LogP) is 3.63. The van der Waals surface area contributed by atoms with E-state index < -0.39 is 4.92 Å². The van der Waals surface area contributed by atoms with Crippen molar-refractivity contribution < 1.29 is 4.92 Å². The molecule has 0 saturated heterocycles. The van der Waals surface area contributed by atoms with Crippen molar-refractivity contribution >= 4 is 11.5 Å². The second-order valence-electron chi connectivity index (χ2n) is 5.58. The molecule has 1 N–H and O–H groups in total. The van der Waals surface area contributed by atoms with Crippen LogP contribution in [0.4, 0.5) is 11.5 Å². The average molecular weight is 288 g/mol. The SMILES string of the molecule is CCCC1CCC(Nc2nccc(C#N)c2[N+](=O)[O-])CC1. The van der Waals surface area contributed by atoms with Gasteiger partial charge in [-0.3, -0.25) is 10.1 Å². The minimum absolute atomic E-state index is 0.0529. The Morgan fingerprint density at radius 2 is 2.19 bits per heavy atom. The van der Waals surface area contributed by atoms with E-state index in [0.29, 0.717) is 0 Å². The number of nitrogens with zero attached hydrogens (tertiary/aromatic N) is 3. The summed E-state index contributed by atoms with van der Waals surface area (Å²) in [4.78, 5) is 14.7. The minimum Gasteiger partial charge on any atom is -0.362 e. The van der Waals surface area contributed by atoms with Crippen molar-refractivity contribution in [3.63, 3.8) is 0 Å². The first-order chi connectivity index (χ1) is 10.2. The van der Waals surface area contributed by atoms with Crippen LogP contribution in [0.25, 0.3) is 0 Å². The molecule has 6 heteroatoms. The molecule has 1 aliphatic carbocycles. The van der Waals surface area contributed by atoms with Crippen molar-refractivity contribution in [1.82, 2.24) is 4.98 Å². The molecule has 21 heavy (non-hydrogen) atoms. The molecule has 0 unspecified atom stereocenters. The van der Waals surface area contributed by atoms with Gasteiger partial charge in [0.15, 0.2) is 0 Å². The minimum atomic E-state index is -0.531. The first kappa shape index (κ1) is 15.2. The molecule has 0 aliphatic heterocycles. The van der Waals surface area contributed by atoms with Gasteiger partial charge in [-0.2, -0.15) is 5.26 Å². The summed E-state index contributed by atoms with van der Waals surface area (Å²) in [7, 11) is 0. The number of pyridine rings is 1. The van der Waals surface area contributed by atoms with Gasteiger partial charge in [-0.05, 0) is 37.7 Å². The number of nitriles is 1. The summed E-state index contributed by atoms with van der Waals surface area (Å²) < 4.78 is 0. The number of aromatic nitrogens is 1. The quantitative estimate of drug-likeness (QED) is 0.659. The third kappa shape index (κ3) is 3.69. The fraction of sp³-hybridized carbons (Fsp3) is 0.600. The zero-order valence-corrected chi connectivity index (χ0v) is 12.2. The first-order valence-electron chi connectivity index (χ1n) is 7.45. The van der Waals surface area contributed by atoms with E-state index in [1.807, 2.05) is 6.07 Å². The fourth-order valence-electron chi connectivity index (χ4n) is 3.03. The molecule has 1 aromatic rings. The van der Waals surface area contributed by atoms with Crippen LogP contribution in [0.5, 0.6) is 0 Å². The molecule has 6 nitrogen and oxygen atoms in total. The number of nitro groups is 1. The van der Waals surface area contributed by atoms with Gasteiger partial charge in [0.25, 0.3) is 0 Å². The number of hydrogen-bond donors (Lipinski definition) is 1. The molecule has 0 aromatic carbocycles. The van der Waals surface area contributed by atoms with E-state index in [1.54, 1.807) is 0 Å². The van der Waals surface area contributed by atoms with E-state index in [2.05, 4.69) is 17.2 Å². The Balaban J connectivity index is 2.07. The van der Waals surface area contributed by atoms with Gasteiger partial charge in [-0.25, -0.2) is 4.98 Å². The van der Waals surface area contributed by atoms with Crippen molar-refractivity contribution in [2.45, 2.75) is 51.5 Å². The molecule has 1 fully saturated rings. The zero-order valence-electron chi connectivity index (χ0n) is 12.2. The molecular formula is C15H20N4O2. The molecule has 2 rings (SSSR count). The van der Waals surface area contributed by atoms with Crippen LogP contribution in [0.15, 0.2) is 12.3 Å². The summed E-state index contributed by atoms with van der Waals surface area (Å²) in [6, 6.07) is 3.44. The zero-order chi connectivity index (χ0) is 15.2. The lowest BCUT2D eigenvalue weighted by atomic mass is 9.83. The summed E-state index contributed by atoms with van der Waals surface area (Å²) >= 11 is 0. The molecule has 0 bridgehead atoms. The molecule has 1 aliphatic rings. The maximum atomic E-state index is 11.2. The van der Waals surface area contributed by atoms with E-state index >= 15 is 0 Å². The molecule has 1 aromatic heterocycles. The maximum absolute atomic E-state index is 11.2. The lowest BCUT2D eigenvalue weighted by Gasteiger charge is -2.29. The van der Waals surface area contributed by atoms with Gasteiger partial charge >= 0.3 is 5.69 Å². The maximum Gasteiger partial charge on any atom is 0.328 e. The molecular weight excluding hydrogens is 268 g/mol. The van der Waals surface area contributed by atoms with E-state index in [-0.39, 0.29) is 23.1 Å². The van der Waals surface area contributed by atoms with Crippen LogP contribution in [-0.2, 0) is 0 Å². The Kier molecular flexibility index (Phi) is 5.09. The van der Waals surface area contributed by atoms with E-state index in [1.165, 1.54) is 25.1 Å². The van der Waals surface area contributed by atoms with Crippen molar-refractivity contribution in [3.8, 4) is 6.07 Å². The van der Waals surface area contributed by atoms with E-state index in [0.717, 1.165) is 31.6 Å². The second-order valence-corrected chi connectivity index (χ2v) is 5.58. The molecule has 0 radical (unpaired) electrons. The average Bonchev–Trinajstić information content (AvgIpc) is 2.49. The van der Waals surface area contributed by atoms with Crippen LogP contribution in [0, 0.1) is 27.4 Å². The van der Waals surface area contributed by atoms with Gasteiger partial charge in [0.2, 0.25) is 5.82 Å². The highest BCUT2D eigenvalue weighted by molar-refractivity contribution is 5.64. The summed E-state index contributed by atoms with van der Waals surface area (Å²) in [5.41, 5.74) is -0.159. The Hall–Kier alpha value is -2.16. The van der Waals surface area contributed by atoms with Crippen LogP contribution < -0.4 is 5.32 Å². The summed E-state index contributed by atoms with van der Waals surface area (Å²) in [5, 5.41) is 23.3. The highest BCUT2D eigenvalue weighted by Crippen LogP contribution is 2.32. The van der Waals surface area contributed by atoms with Gasteiger partial charge in [0.1, 0.15) is 11.6 Å². The van der Waals surface area contributed by atoms with E-state index in [9.17, 15) is 10.1 Å². The van der Waals surface area contributed by atoms with Gasteiger partial charge in [0, 0.05) is 12.2 Å². The van der Waals surface area contributed by atoms with Gasteiger partial charge in [-0.15, -0.1) is 0 Å². The second kappa shape index (κ2) is 7.02. The highest BCUT2D eigenvalue weighted by atomic mass is 16.6. The molecule has 0 amide bonds. The molecule has 0 atom stereocenters. The number of rotatable bonds is 5. The summed E-state index contributed by atoms with van der Waals surface area (Å²) in [5.74, 6) is 0.999. The van der Waals surface area contributed by atoms with Crippen molar-refractivity contribution in [2.24, 2.45) is 5.92 Å². The molecule has 112 valence electrons. The lowest BCUT2D eigenvalue weighted by Crippen LogP contribution is -2.27. The van der Waals surface area contributed by atoms with Crippen LogP contribution in [0.2, 0.25) is 0 Å². The smallest absolute Gasteiger partial charge is 0.328 e. The van der Waals surface area contributed by atoms with Gasteiger partial charge in [-0.1, -0.05) is 19.8 Å². The van der Waals surface area contributed by atoms with Gasteiger partial charge in [0.05, 0.1) is 4.92 Å². The third-order valence-corrected chi connectivity index (χ3v) is 4.11. The molecule has 1 heterocycles. The van der Waals surface area contributed by atoms with Crippen molar-refractivity contribution in [3.05, 3.63) is 27.9 Å². The first-order valence-corrected chi connectivity index (χ1v) is 7.45. The van der Waals surface area contributed by atoms with Crippen molar-refractivity contribution in [2.75, 3.05) is 5.32 Å². The summed E-state index contributed by atoms with van der Waals surface area (Å²) in [6.45, 7) is 2.20. The Morgan fingerprint density at radius 1 is 1.48 bits per heavy atom.